The second-order valence-corrected chi connectivity index (χ2v) is 20.3. The largest absolute Gasteiger partial charge is 0.455 e. The number of rotatable bonds is 6. The summed E-state index contributed by atoms with van der Waals surface area (Å²) >= 11 is 0. The summed E-state index contributed by atoms with van der Waals surface area (Å²) < 4.78 is 35.1. The first kappa shape index (κ1) is 28.9. The molecule has 2 aromatic heterocycles. The van der Waals surface area contributed by atoms with E-state index in [4.69, 9.17) is 28.2 Å². The molecule has 212 valence electrons. The molecule has 0 amide bonds. The van der Waals surface area contributed by atoms with Crippen LogP contribution in [0.15, 0.2) is 11.1 Å². The monoisotopic (exact) mass is 567 g/mol. The zero-order valence-corrected chi connectivity index (χ0v) is 25.7. The van der Waals surface area contributed by atoms with Gasteiger partial charge in [-0.3, -0.25) is 19.1 Å². The van der Waals surface area contributed by atoms with Crippen LogP contribution in [0.1, 0.15) is 68.5 Å². The number of H-pyrrole nitrogens is 1. The number of carbonyl (C=O) groups excluding carboxylic acids is 1. The van der Waals surface area contributed by atoms with E-state index < -0.39 is 53.2 Å². The predicted molar refractivity (Wildman–Crippen MR) is 146 cm³/mol. The van der Waals surface area contributed by atoms with Gasteiger partial charge in [0.2, 0.25) is 5.95 Å². The first-order valence-corrected chi connectivity index (χ1v) is 17.2. The molecule has 0 aliphatic carbocycles. The lowest BCUT2D eigenvalue weighted by Gasteiger charge is -2.51. The van der Waals surface area contributed by atoms with Gasteiger partial charge in [0.1, 0.15) is 12.2 Å². The number of aromatic nitrogens is 4. The summed E-state index contributed by atoms with van der Waals surface area (Å²) in [5, 5.41) is 0. The standard InChI is InChI=1S/C24H41N5O7Si2/c1-12(2)37(13(3)4)32-10-17-19(35-38(36-37,14(5)6)15(7)8)20(33-16(9)30)23(34-17)29-11-26-18-21(29)27-24(25)28-22(18)31/h11-15,17,19-20,23H,10H2,1-9H3,(H3,25,27,28,31)/t17-,19-,20-,23-/m1/s1. The first-order valence-electron chi connectivity index (χ1n) is 13.3. The van der Waals surface area contributed by atoms with E-state index in [0.29, 0.717) is 0 Å². The fourth-order valence-corrected chi connectivity index (χ4v) is 17.0. The fraction of sp³-hybridized carbons (Fsp3) is 0.750. The van der Waals surface area contributed by atoms with Gasteiger partial charge in [0.05, 0.1) is 12.9 Å². The smallest absolute Gasteiger partial charge is 0.335 e. The lowest BCUT2D eigenvalue weighted by molar-refractivity contribution is -0.155. The van der Waals surface area contributed by atoms with E-state index in [9.17, 15) is 9.59 Å². The minimum absolute atomic E-state index is 0.0547. The van der Waals surface area contributed by atoms with E-state index in [2.05, 4.69) is 70.3 Å². The zero-order chi connectivity index (χ0) is 28.2. The van der Waals surface area contributed by atoms with Crippen LogP contribution >= 0.6 is 0 Å². The molecule has 2 aliphatic heterocycles. The second kappa shape index (κ2) is 10.5. The molecule has 2 aliphatic rings. The van der Waals surface area contributed by atoms with Crippen molar-refractivity contribution < 1.29 is 27.2 Å². The molecule has 0 spiro atoms. The summed E-state index contributed by atoms with van der Waals surface area (Å²) in [6.45, 7) is 18.7. The number of ether oxygens (including phenoxy) is 2. The van der Waals surface area contributed by atoms with Gasteiger partial charge in [-0.15, -0.1) is 0 Å². The number of nitrogens with zero attached hydrogens (tertiary/aromatic N) is 3. The number of esters is 1. The number of carbonyl (C=O) groups is 1. The Kier molecular flexibility index (Phi) is 7.96. The Morgan fingerprint density at radius 2 is 1.71 bits per heavy atom. The maximum absolute atomic E-state index is 12.4. The van der Waals surface area contributed by atoms with Crippen LogP contribution in [-0.2, 0) is 27.2 Å². The van der Waals surface area contributed by atoms with Crippen molar-refractivity contribution in [2.75, 3.05) is 12.3 Å². The molecule has 0 unspecified atom stereocenters. The second-order valence-electron chi connectivity index (χ2n) is 11.5. The van der Waals surface area contributed by atoms with E-state index in [0.717, 1.165) is 0 Å². The van der Waals surface area contributed by atoms with Gasteiger partial charge in [0.15, 0.2) is 23.5 Å². The minimum Gasteiger partial charge on any atom is -0.455 e. The van der Waals surface area contributed by atoms with E-state index >= 15 is 0 Å². The maximum Gasteiger partial charge on any atom is 0.335 e. The fourth-order valence-electron chi connectivity index (χ4n) is 5.79. The molecule has 0 aromatic carbocycles. The van der Waals surface area contributed by atoms with E-state index in [1.165, 1.54) is 13.3 Å². The zero-order valence-electron chi connectivity index (χ0n) is 23.7. The Bertz CT molecular complexity index is 1210. The molecular formula is C24H41N5O7Si2. The van der Waals surface area contributed by atoms with Crippen LogP contribution in [0.4, 0.5) is 5.95 Å². The molecule has 0 radical (unpaired) electrons. The Labute approximate surface area is 225 Å². The van der Waals surface area contributed by atoms with Crippen LogP contribution in [-0.4, -0.2) is 67.5 Å². The Morgan fingerprint density at radius 1 is 1.11 bits per heavy atom. The number of nitrogen functional groups attached to an aromatic ring is 1. The average Bonchev–Trinajstić information content (AvgIpc) is 3.34. The molecule has 0 bridgehead atoms. The van der Waals surface area contributed by atoms with E-state index in [1.807, 2.05) is 0 Å². The highest BCUT2D eigenvalue weighted by Gasteiger charge is 2.62. The molecular weight excluding hydrogens is 526 g/mol. The summed E-state index contributed by atoms with van der Waals surface area (Å²) in [6.07, 6.45) is -1.50. The van der Waals surface area contributed by atoms with Crippen molar-refractivity contribution in [3.05, 3.63) is 16.7 Å². The summed E-state index contributed by atoms with van der Waals surface area (Å²) in [6, 6.07) is 0. The Morgan fingerprint density at radius 3 is 2.26 bits per heavy atom. The number of imidazole rings is 1. The van der Waals surface area contributed by atoms with Gasteiger partial charge in [0, 0.05) is 6.92 Å². The van der Waals surface area contributed by atoms with Crippen molar-refractivity contribution in [1.82, 2.24) is 19.5 Å². The summed E-state index contributed by atoms with van der Waals surface area (Å²) in [4.78, 5) is 35.7. The number of hydrogen-bond acceptors (Lipinski definition) is 10. The van der Waals surface area contributed by atoms with Gasteiger partial charge in [-0.2, -0.15) is 4.98 Å². The lowest BCUT2D eigenvalue weighted by Crippen LogP contribution is -2.66. The highest BCUT2D eigenvalue weighted by atomic mass is 28.5. The molecule has 38 heavy (non-hydrogen) atoms. The molecule has 4 heterocycles. The molecule has 4 rings (SSSR count). The molecule has 2 saturated heterocycles. The highest BCUT2D eigenvalue weighted by Crippen LogP contribution is 2.49. The van der Waals surface area contributed by atoms with Crippen LogP contribution in [0.2, 0.25) is 22.2 Å². The van der Waals surface area contributed by atoms with Gasteiger partial charge in [-0.1, -0.05) is 55.4 Å². The number of fused-ring (bicyclic) bond motifs is 2. The Hall–Kier alpha value is -2.11. The van der Waals surface area contributed by atoms with Crippen molar-refractivity contribution >= 4 is 40.2 Å². The number of nitrogens with one attached hydrogen (secondary N) is 1. The third-order valence-corrected chi connectivity index (χ3v) is 17.9. The normalized spacial score (nSPS) is 27.2. The third-order valence-electron chi connectivity index (χ3n) is 7.64. The van der Waals surface area contributed by atoms with Crippen molar-refractivity contribution in [2.45, 2.75) is 109 Å². The molecule has 4 atom stereocenters. The maximum atomic E-state index is 12.4. The number of nitrogens with two attached hydrogens (primary N) is 1. The minimum atomic E-state index is -3.00. The van der Waals surface area contributed by atoms with Crippen LogP contribution in [0, 0.1) is 0 Å². The van der Waals surface area contributed by atoms with Crippen molar-refractivity contribution in [3.8, 4) is 0 Å². The van der Waals surface area contributed by atoms with Crippen molar-refractivity contribution in [3.63, 3.8) is 0 Å². The first-order chi connectivity index (χ1) is 17.7. The van der Waals surface area contributed by atoms with Gasteiger partial charge in [-0.25, -0.2) is 4.98 Å². The topological polar surface area (TPSA) is 153 Å². The molecule has 12 nitrogen and oxygen atoms in total. The van der Waals surface area contributed by atoms with E-state index in [-0.39, 0.29) is 45.9 Å². The molecule has 2 aromatic rings. The van der Waals surface area contributed by atoms with Gasteiger partial charge in [-0.05, 0) is 22.2 Å². The van der Waals surface area contributed by atoms with Crippen LogP contribution in [0.5, 0.6) is 0 Å². The molecule has 0 saturated carbocycles. The molecule has 3 N–H and O–H groups in total. The SMILES string of the molecule is CC(=O)O[C@@H]1[C@@H]2O[Si](C(C)C)(C(C)C)O[Si](C(C)C)(C(C)C)OC[C@H]2O[C@H]1n1cnc2c(=O)[nH]c(N)nc21. The molecule has 2 fully saturated rings. The van der Waals surface area contributed by atoms with Crippen molar-refractivity contribution in [1.29, 1.82) is 0 Å². The van der Waals surface area contributed by atoms with Crippen LogP contribution in [0.3, 0.4) is 0 Å². The van der Waals surface area contributed by atoms with Crippen LogP contribution in [0.25, 0.3) is 11.2 Å². The predicted octanol–water partition coefficient (Wildman–Crippen LogP) is 3.49. The Balaban J connectivity index is 1.86. The lowest BCUT2D eigenvalue weighted by atomic mass is 10.1. The third kappa shape index (κ3) is 4.75. The molecule has 14 heteroatoms. The number of anilines is 1. The van der Waals surface area contributed by atoms with E-state index in [1.54, 1.807) is 4.57 Å². The highest BCUT2D eigenvalue weighted by molar-refractivity contribution is 6.84. The van der Waals surface area contributed by atoms with Crippen molar-refractivity contribution in [2.24, 2.45) is 0 Å². The van der Waals surface area contributed by atoms with Gasteiger partial charge >= 0.3 is 23.1 Å². The number of aromatic amines is 1. The van der Waals surface area contributed by atoms with Crippen LogP contribution < -0.4 is 11.3 Å². The quantitative estimate of drug-likeness (QED) is 0.392. The van der Waals surface area contributed by atoms with Gasteiger partial charge in [0.25, 0.3) is 5.56 Å². The average molecular weight is 568 g/mol. The van der Waals surface area contributed by atoms with Gasteiger partial charge < -0.3 is 28.2 Å². The summed E-state index contributed by atoms with van der Waals surface area (Å²) in [7, 11) is -5.78. The summed E-state index contributed by atoms with van der Waals surface area (Å²) in [5.74, 6) is -0.540. The summed E-state index contributed by atoms with van der Waals surface area (Å²) in [5.41, 5.74) is 6.20. The number of hydrogen-bond donors (Lipinski definition) is 2.